The van der Waals surface area contributed by atoms with Gasteiger partial charge in [0.05, 0.1) is 22.3 Å². The second-order valence-electron chi connectivity index (χ2n) is 6.95. The monoisotopic (exact) mass is 529 g/mol. The van der Waals surface area contributed by atoms with Crippen LogP contribution in [0.3, 0.4) is 0 Å². The van der Waals surface area contributed by atoms with E-state index in [1.54, 1.807) is 72.8 Å². The van der Waals surface area contributed by atoms with Crippen LogP contribution in [-0.2, 0) is 4.79 Å². The molecule has 0 atom stereocenters. The number of thioether (sulfide) groups is 1. The maximum Gasteiger partial charge on any atom is 0.266 e. The quantitative estimate of drug-likeness (QED) is 0.148. The fraction of sp³-hybridized carbons (Fsp3) is 0.0435. The summed E-state index contributed by atoms with van der Waals surface area (Å²) in [6.07, 6.45) is 0. The number of aromatic nitrogens is 2. The number of thiocarbonyl (C=S) groups is 1. The minimum Gasteiger partial charge on any atom is -0.331 e. The predicted molar refractivity (Wildman–Crippen MR) is 142 cm³/mol. The van der Waals surface area contributed by atoms with Crippen molar-refractivity contribution in [2.75, 3.05) is 11.1 Å². The maximum atomic E-state index is 13.2. The zero-order chi connectivity index (χ0) is 24.1. The van der Waals surface area contributed by atoms with E-state index in [4.69, 9.17) is 35.4 Å². The lowest BCUT2D eigenvalue weighted by atomic mass is 10.2. The summed E-state index contributed by atoms with van der Waals surface area (Å²) in [4.78, 5) is 30.3. The van der Waals surface area contributed by atoms with Crippen molar-refractivity contribution < 1.29 is 4.79 Å². The van der Waals surface area contributed by atoms with Crippen molar-refractivity contribution in [2.24, 2.45) is 0 Å². The Hall–Kier alpha value is -3.11. The van der Waals surface area contributed by atoms with Crippen LogP contribution < -0.4 is 21.7 Å². The lowest BCUT2D eigenvalue weighted by Crippen LogP contribution is -2.44. The van der Waals surface area contributed by atoms with Gasteiger partial charge >= 0.3 is 0 Å². The summed E-state index contributed by atoms with van der Waals surface area (Å²) >= 11 is 18.2. The second-order valence-corrected chi connectivity index (χ2v) is 9.17. The van der Waals surface area contributed by atoms with Crippen LogP contribution in [0.4, 0.5) is 5.69 Å². The van der Waals surface area contributed by atoms with Gasteiger partial charge < -0.3 is 5.32 Å². The van der Waals surface area contributed by atoms with E-state index in [1.165, 1.54) is 4.57 Å². The number of hydrogen-bond acceptors (Lipinski definition) is 5. The van der Waals surface area contributed by atoms with Crippen molar-refractivity contribution in [1.82, 2.24) is 20.4 Å². The van der Waals surface area contributed by atoms with Gasteiger partial charge in [-0.25, -0.2) is 4.98 Å². The Kier molecular flexibility index (Phi) is 7.69. The third-order valence-electron chi connectivity index (χ3n) is 4.58. The molecular formula is C23H17Cl2N5O2S2. The number of carbonyl (C=O) groups excluding carboxylic acids is 1. The molecule has 0 aliphatic heterocycles. The molecule has 0 aliphatic rings. The number of nitrogens with zero attached hydrogens (tertiary/aromatic N) is 2. The molecule has 0 saturated carbocycles. The molecular weight excluding hydrogens is 513 g/mol. The summed E-state index contributed by atoms with van der Waals surface area (Å²) in [5.41, 5.74) is 6.81. The lowest BCUT2D eigenvalue weighted by Gasteiger charge is -2.14. The first kappa shape index (κ1) is 24.0. The van der Waals surface area contributed by atoms with Crippen LogP contribution in [0.15, 0.2) is 82.7 Å². The van der Waals surface area contributed by atoms with Crippen LogP contribution in [0.5, 0.6) is 0 Å². The van der Waals surface area contributed by atoms with Gasteiger partial charge in [-0.3, -0.25) is 25.0 Å². The first-order valence-corrected chi connectivity index (χ1v) is 12.1. The van der Waals surface area contributed by atoms with E-state index in [1.807, 2.05) is 0 Å². The van der Waals surface area contributed by atoms with E-state index in [0.29, 0.717) is 31.8 Å². The number of anilines is 1. The maximum absolute atomic E-state index is 13.2. The highest BCUT2D eigenvalue weighted by Crippen LogP contribution is 2.22. The highest BCUT2D eigenvalue weighted by molar-refractivity contribution is 7.99. The normalized spacial score (nSPS) is 10.6. The largest absolute Gasteiger partial charge is 0.331 e. The Bertz CT molecular complexity index is 1410. The minimum atomic E-state index is -0.352. The van der Waals surface area contributed by atoms with Gasteiger partial charge in [-0.1, -0.05) is 47.1 Å². The Balaban J connectivity index is 1.47. The summed E-state index contributed by atoms with van der Waals surface area (Å²) in [5.74, 6) is -0.357. The summed E-state index contributed by atoms with van der Waals surface area (Å²) in [6.45, 7) is 0. The van der Waals surface area contributed by atoms with Crippen molar-refractivity contribution in [1.29, 1.82) is 0 Å². The average molecular weight is 530 g/mol. The summed E-state index contributed by atoms with van der Waals surface area (Å²) < 4.78 is 1.47. The van der Waals surface area contributed by atoms with Gasteiger partial charge in [0, 0.05) is 15.7 Å². The van der Waals surface area contributed by atoms with Gasteiger partial charge in [-0.2, -0.15) is 0 Å². The molecule has 0 saturated heterocycles. The van der Waals surface area contributed by atoms with Gasteiger partial charge in [0.2, 0.25) is 5.91 Å². The number of carbonyl (C=O) groups is 1. The molecule has 11 heteroatoms. The molecule has 3 aromatic carbocycles. The SMILES string of the molecule is O=C(CSc1nc2ccccc2c(=O)n1-c1ccc(Cl)cc1)NNC(=S)Nc1ccc(Cl)cc1. The molecule has 0 radical (unpaired) electrons. The molecule has 7 nitrogen and oxygen atoms in total. The first-order valence-electron chi connectivity index (χ1n) is 9.92. The zero-order valence-electron chi connectivity index (χ0n) is 17.4. The summed E-state index contributed by atoms with van der Waals surface area (Å²) in [7, 11) is 0. The van der Waals surface area contributed by atoms with Crippen LogP contribution in [0.25, 0.3) is 16.6 Å². The molecule has 1 heterocycles. The third kappa shape index (κ3) is 5.87. The number of hydrazine groups is 1. The molecule has 1 amide bonds. The molecule has 1 aromatic heterocycles. The van der Waals surface area contributed by atoms with E-state index in [2.05, 4.69) is 21.2 Å². The number of hydrogen-bond donors (Lipinski definition) is 3. The van der Waals surface area contributed by atoms with Crippen LogP contribution in [-0.4, -0.2) is 26.3 Å². The molecule has 0 aliphatic carbocycles. The van der Waals surface area contributed by atoms with E-state index in [9.17, 15) is 9.59 Å². The van der Waals surface area contributed by atoms with Gasteiger partial charge in [-0.15, -0.1) is 0 Å². The van der Waals surface area contributed by atoms with E-state index in [-0.39, 0.29) is 22.3 Å². The Morgan fingerprint density at radius 2 is 1.59 bits per heavy atom. The van der Waals surface area contributed by atoms with E-state index < -0.39 is 0 Å². The second kappa shape index (κ2) is 10.9. The molecule has 0 bridgehead atoms. The van der Waals surface area contributed by atoms with Crippen molar-refractivity contribution in [3.8, 4) is 5.69 Å². The zero-order valence-corrected chi connectivity index (χ0v) is 20.6. The molecule has 4 rings (SSSR count). The van der Waals surface area contributed by atoms with Gasteiger partial charge in [-0.05, 0) is 72.9 Å². The van der Waals surface area contributed by atoms with Crippen LogP contribution in [0.2, 0.25) is 10.0 Å². The topological polar surface area (TPSA) is 88.0 Å². The molecule has 34 heavy (non-hydrogen) atoms. The van der Waals surface area contributed by atoms with Crippen molar-refractivity contribution in [3.05, 3.63) is 93.2 Å². The molecule has 3 N–H and O–H groups in total. The number of rotatable bonds is 5. The van der Waals surface area contributed by atoms with Crippen LogP contribution in [0, 0.1) is 0 Å². The standard InChI is InChI=1S/C23H17Cl2N5O2S2/c24-14-5-9-16(10-6-14)26-22(33)29-28-20(31)13-34-23-27-19-4-2-1-3-18(19)21(32)30(23)17-11-7-15(25)8-12-17/h1-12H,13H2,(H,28,31)(H2,26,29,33). The fourth-order valence-corrected chi connectivity index (χ4v) is 4.25. The Morgan fingerprint density at radius 1 is 0.941 bits per heavy atom. The number of fused-ring (bicyclic) bond motifs is 1. The van der Waals surface area contributed by atoms with Crippen molar-refractivity contribution >= 4 is 74.8 Å². The molecule has 0 spiro atoms. The van der Waals surface area contributed by atoms with E-state index in [0.717, 1.165) is 17.4 Å². The number of halogens is 2. The number of nitrogens with one attached hydrogen (secondary N) is 3. The summed E-state index contributed by atoms with van der Waals surface area (Å²) in [5, 5.41) is 5.15. The van der Waals surface area contributed by atoms with Crippen molar-refractivity contribution in [3.63, 3.8) is 0 Å². The molecule has 4 aromatic rings. The Morgan fingerprint density at radius 3 is 2.29 bits per heavy atom. The van der Waals surface area contributed by atoms with Gasteiger partial charge in [0.1, 0.15) is 0 Å². The summed E-state index contributed by atoms with van der Waals surface area (Å²) in [6, 6.07) is 20.9. The molecule has 172 valence electrons. The van der Waals surface area contributed by atoms with Crippen LogP contribution in [0.1, 0.15) is 0 Å². The highest BCUT2D eigenvalue weighted by atomic mass is 35.5. The number of amides is 1. The smallest absolute Gasteiger partial charge is 0.266 e. The lowest BCUT2D eigenvalue weighted by molar-refractivity contribution is -0.119. The third-order valence-corrected chi connectivity index (χ3v) is 6.23. The van der Waals surface area contributed by atoms with E-state index >= 15 is 0 Å². The number of para-hydroxylation sites is 1. The molecule has 0 unspecified atom stereocenters. The minimum absolute atomic E-state index is 0.00503. The molecule has 0 fully saturated rings. The van der Waals surface area contributed by atoms with Crippen molar-refractivity contribution in [2.45, 2.75) is 5.16 Å². The van der Waals surface area contributed by atoms with Crippen LogP contribution >= 0.6 is 47.2 Å². The Labute approximate surface area is 214 Å². The van der Waals surface area contributed by atoms with Gasteiger partial charge in [0.15, 0.2) is 10.3 Å². The first-order chi connectivity index (χ1) is 16.4. The predicted octanol–water partition coefficient (Wildman–Crippen LogP) is 4.80. The highest BCUT2D eigenvalue weighted by Gasteiger charge is 2.15. The van der Waals surface area contributed by atoms with Gasteiger partial charge in [0.25, 0.3) is 5.56 Å². The average Bonchev–Trinajstić information content (AvgIpc) is 2.84. The number of benzene rings is 3. The fourth-order valence-electron chi connectivity index (χ4n) is 3.02.